The average molecular weight is 357 g/mol. The van der Waals surface area contributed by atoms with Crippen molar-refractivity contribution in [1.29, 1.82) is 0 Å². The molecule has 1 aromatic heterocycles. The molecule has 0 aliphatic carbocycles. The van der Waals surface area contributed by atoms with E-state index >= 15 is 0 Å². The minimum Gasteiger partial charge on any atom is -0.497 e. The van der Waals surface area contributed by atoms with Crippen LogP contribution in [0.4, 0.5) is 5.69 Å². The number of fused-ring (bicyclic) bond motifs is 1. The van der Waals surface area contributed by atoms with Crippen molar-refractivity contribution in [2.75, 3.05) is 12.4 Å². The number of amides is 1. The topological polar surface area (TPSA) is 56.1 Å². The van der Waals surface area contributed by atoms with E-state index in [1.165, 1.54) is 0 Å². The summed E-state index contributed by atoms with van der Waals surface area (Å²) in [5.41, 5.74) is 4.72. The smallest absolute Gasteiger partial charge is 0.244 e. The molecule has 134 valence electrons. The van der Waals surface area contributed by atoms with Crippen LogP contribution < -0.4 is 10.1 Å². The molecule has 0 fully saturated rings. The molecule has 5 nitrogen and oxygen atoms in total. The first kappa shape index (κ1) is 16.8. The van der Waals surface area contributed by atoms with Crippen LogP contribution in [0.3, 0.4) is 0 Å². The van der Waals surface area contributed by atoms with Gasteiger partial charge in [0.2, 0.25) is 5.91 Å². The predicted molar refractivity (Wildman–Crippen MR) is 107 cm³/mol. The number of imidazole rings is 1. The molecule has 3 aromatic carbocycles. The molecular formula is C22H19N3O2. The molecule has 0 atom stereocenters. The first-order valence-corrected chi connectivity index (χ1v) is 8.67. The van der Waals surface area contributed by atoms with Crippen LogP contribution in [0, 0.1) is 0 Å². The fourth-order valence-electron chi connectivity index (χ4n) is 3.04. The van der Waals surface area contributed by atoms with E-state index in [9.17, 15) is 4.79 Å². The van der Waals surface area contributed by atoms with Crippen molar-refractivity contribution in [3.63, 3.8) is 0 Å². The van der Waals surface area contributed by atoms with E-state index in [2.05, 4.69) is 10.3 Å². The fourth-order valence-corrected chi connectivity index (χ4v) is 3.04. The van der Waals surface area contributed by atoms with Gasteiger partial charge in [-0.25, -0.2) is 4.98 Å². The fraction of sp³-hybridized carbons (Fsp3) is 0.0909. The Hall–Kier alpha value is -3.60. The Labute approximate surface area is 157 Å². The number of benzene rings is 3. The number of para-hydroxylation sites is 2. The van der Waals surface area contributed by atoms with Crippen LogP contribution in [0.25, 0.3) is 22.2 Å². The maximum absolute atomic E-state index is 12.4. The highest BCUT2D eigenvalue weighted by atomic mass is 16.5. The van der Waals surface area contributed by atoms with E-state index in [-0.39, 0.29) is 12.5 Å². The van der Waals surface area contributed by atoms with E-state index in [1.54, 1.807) is 13.4 Å². The minimum absolute atomic E-state index is 0.0905. The molecule has 4 rings (SSSR count). The summed E-state index contributed by atoms with van der Waals surface area (Å²) in [6.07, 6.45) is 1.69. The summed E-state index contributed by atoms with van der Waals surface area (Å²) >= 11 is 0. The summed E-state index contributed by atoms with van der Waals surface area (Å²) in [5, 5.41) is 2.93. The maximum atomic E-state index is 12.4. The van der Waals surface area contributed by atoms with Gasteiger partial charge in [0.15, 0.2) is 0 Å². The molecule has 0 saturated heterocycles. The van der Waals surface area contributed by atoms with Gasteiger partial charge < -0.3 is 14.6 Å². The summed E-state index contributed by atoms with van der Waals surface area (Å²) < 4.78 is 7.11. The zero-order valence-corrected chi connectivity index (χ0v) is 14.9. The van der Waals surface area contributed by atoms with Gasteiger partial charge in [0.1, 0.15) is 12.3 Å². The van der Waals surface area contributed by atoms with Gasteiger partial charge in [-0.2, -0.15) is 0 Å². The summed E-state index contributed by atoms with van der Waals surface area (Å²) in [6.45, 7) is 0.220. The molecule has 0 bridgehead atoms. The molecule has 1 amide bonds. The quantitative estimate of drug-likeness (QED) is 0.578. The molecule has 5 heteroatoms. The average Bonchev–Trinajstić information content (AvgIpc) is 3.11. The number of aromatic nitrogens is 2. The van der Waals surface area contributed by atoms with Crippen molar-refractivity contribution >= 4 is 22.6 Å². The Kier molecular flexibility index (Phi) is 4.58. The maximum Gasteiger partial charge on any atom is 0.244 e. The number of ether oxygens (including phenoxy) is 1. The number of rotatable bonds is 5. The first-order chi connectivity index (χ1) is 13.2. The number of carbonyl (C=O) groups is 1. The highest BCUT2D eigenvalue weighted by Crippen LogP contribution is 2.25. The normalized spacial score (nSPS) is 10.7. The van der Waals surface area contributed by atoms with Crippen molar-refractivity contribution in [3.8, 4) is 16.9 Å². The van der Waals surface area contributed by atoms with Crippen LogP contribution in [0.1, 0.15) is 0 Å². The van der Waals surface area contributed by atoms with Crippen molar-refractivity contribution in [2.24, 2.45) is 0 Å². The molecule has 0 spiro atoms. The van der Waals surface area contributed by atoms with E-state index in [4.69, 9.17) is 4.74 Å². The lowest BCUT2D eigenvalue weighted by Gasteiger charge is -2.09. The van der Waals surface area contributed by atoms with Gasteiger partial charge in [-0.05, 0) is 47.5 Å². The lowest BCUT2D eigenvalue weighted by atomic mass is 10.1. The summed E-state index contributed by atoms with van der Waals surface area (Å²) in [6, 6.07) is 23.4. The Morgan fingerprint density at radius 2 is 1.81 bits per heavy atom. The molecule has 0 saturated carbocycles. The standard InChI is InChI=1S/C22H19N3O2/c1-27-19-6-4-5-17(13-19)16-9-11-18(12-10-16)24-22(26)14-25-15-23-20-7-2-3-8-21(20)25/h2-13,15H,14H2,1H3,(H,24,26). The second-order valence-electron chi connectivity index (χ2n) is 6.22. The Morgan fingerprint density at radius 3 is 2.63 bits per heavy atom. The Morgan fingerprint density at radius 1 is 1.00 bits per heavy atom. The monoisotopic (exact) mass is 357 g/mol. The number of anilines is 1. The zero-order valence-electron chi connectivity index (χ0n) is 14.9. The number of hydrogen-bond acceptors (Lipinski definition) is 3. The van der Waals surface area contributed by atoms with Crippen LogP contribution in [0.15, 0.2) is 79.1 Å². The highest BCUT2D eigenvalue weighted by molar-refractivity contribution is 5.91. The molecule has 0 radical (unpaired) electrons. The SMILES string of the molecule is COc1cccc(-c2ccc(NC(=O)Cn3cnc4ccccc43)cc2)c1. The third kappa shape index (κ3) is 3.67. The van der Waals surface area contributed by atoms with E-state index < -0.39 is 0 Å². The van der Waals surface area contributed by atoms with Crippen molar-refractivity contribution in [2.45, 2.75) is 6.54 Å². The van der Waals surface area contributed by atoms with Gasteiger partial charge in [-0.1, -0.05) is 36.4 Å². The third-order valence-electron chi connectivity index (χ3n) is 4.41. The molecule has 4 aromatic rings. The van der Waals surface area contributed by atoms with Crippen LogP contribution in [-0.4, -0.2) is 22.6 Å². The first-order valence-electron chi connectivity index (χ1n) is 8.67. The van der Waals surface area contributed by atoms with E-state index in [0.717, 1.165) is 33.6 Å². The number of carbonyl (C=O) groups excluding carboxylic acids is 1. The molecule has 0 unspecified atom stereocenters. The van der Waals surface area contributed by atoms with Gasteiger partial charge in [0.05, 0.1) is 24.5 Å². The van der Waals surface area contributed by atoms with E-state index in [1.807, 2.05) is 77.4 Å². The van der Waals surface area contributed by atoms with Gasteiger partial charge >= 0.3 is 0 Å². The lowest BCUT2D eigenvalue weighted by molar-refractivity contribution is -0.116. The highest BCUT2D eigenvalue weighted by Gasteiger charge is 2.08. The number of nitrogens with zero attached hydrogens (tertiary/aromatic N) is 2. The molecule has 0 aliphatic rings. The van der Waals surface area contributed by atoms with Crippen LogP contribution in [0.2, 0.25) is 0 Å². The van der Waals surface area contributed by atoms with Gasteiger partial charge in [-0.3, -0.25) is 4.79 Å². The van der Waals surface area contributed by atoms with Crippen molar-refractivity contribution in [1.82, 2.24) is 9.55 Å². The molecule has 1 heterocycles. The molecular weight excluding hydrogens is 338 g/mol. The summed E-state index contributed by atoms with van der Waals surface area (Å²) in [5.74, 6) is 0.727. The second-order valence-corrected chi connectivity index (χ2v) is 6.22. The van der Waals surface area contributed by atoms with Crippen LogP contribution in [0.5, 0.6) is 5.75 Å². The number of methoxy groups -OCH3 is 1. The summed E-state index contributed by atoms with van der Waals surface area (Å²) in [4.78, 5) is 16.7. The number of hydrogen-bond donors (Lipinski definition) is 1. The molecule has 1 N–H and O–H groups in total. The van der Waals surface area contributed by atoms with Gasteiger partial charge in [-0.15, -0.1) is 0 Å². The Balaban J connectivity index is 1.45. The van der Waals surface area contributed by atoms with Crippen molar-refractivity contribution < 1.29 is 9.53 Å². The zero-order chi connectivity index (χ0) is 18.6. The number of nitrogens with one attached hydrogen (secondary N) is 1. The van der Waals surface area contributed by atoms with Crippen LogP contribution >= 0.6 is 0 Å². The predicted octanol–water partition coefficient (Wildman–Crippen LogP) is 4.35. The lowest BCUT2D eigenvalue weighted by Crippen LogP contribution is -2.18. The third-order valence-corrected chi connectivity index (χ3v) is 4.41. The summed E-state index contributed by atoms with van der Waals surface area (Å²) in [7, 11) is 1.65. The Bertz CT molecular complexity index is 1080. The second kappa shape index (κ2) is 7.33. The van der Waals surface area contributed by atoms with Crippen LogP contribution in [-0.2, 0) is 11.3 Å². The van der Waals surface area contributed by atoms with Gasteiger partial charge in [0.25, 0.3) is 0 Å². The van der Waals surface area contributed by atoms with E-state index in [0.29, 0.717) is 0 Å². The molecule has 0 aliphatic heterocycles. The van der Waals surface area contributed by atoms with Crippen molar-refractivity contribution in [3.05, 3.63) is 79.1 Å². The largest absolute Gasteiger partial charge is 0.497 e. The molecule has 27 heavy (non-hydrogen) atoms. The minimum atomic E-state index is -0.0905. The van der Waals surface area contributed by atoms with Gasteiger partial charge in [0, 0.05) is 5.69 Å².